The minimum atomic E-state index is -0.0423. The van der Waals surface area contributed by atoms with Crippen LogP contribution in [0.1, 0.15) is 35.6 Å². The van der Waals surface area contributed by atoms with Crippen LogP contribution in [0.4, 0.5) is 0 Å². The first-order valence-electron chi connectivity index (χ1n) is 5.89. The Bertz CT molecular complexity index is 552. The molecule has 0 aliphatic heterocycles. The summed E-state index contributed by atoms with van der Waals surface area (Å²) in [6.45, 7) is 3.88. The first kappa shape index (κ1) is 13.0. The van der Waals surface area contributed by atoms with Crippen molar-refractivity contribution < 1.29 is 0 Å². The molecule has 0 unspecified atom stereocenters. The highest BCUT2D eigenvalue weighted by atomic mass is 35.5. The molecule has 0 saturated carbocycles. The van der Waals surface area contributed by atoms with E-state index in [2.05, 4.69) is 9.97 Å². The van der Waals surface area contributed by atoms with Crippen molar-refractivity contribution in [1.29, 1.82) is 0 Å². The molecule has 0 amide bonds. The zero-order valence-electron chi connectivity index (χ0n) is 10.5. The summed E-state index contributed by atoms with van der Waals surface area (Å²) in [5, 5.41) is 0.745. The zero-order chi connectivity index (χ0) is 13.1. The fraction of sp³-hybridized carbons (Fsp3) is 0.286. The van der Waals surface area contributed by atoms with Crippen molar-refractivity contribution in [3.8, 4) is 0 Å². The van der Waals surface area contributed by atoms with Crippen LogP contribution in [0, 0.1) is 6.92 Å². The van der Waals surface area contributed by atoms with Gasteiger partial charge in [0.1, 0.15) is 5.82 Å². The number of benzene rings is 1. The highest BCUT2D eigenvalue weighted by Gasteiger charge is 2.08. The summed E-state index contributed by atoms with van der Waals surface area (Å²) in [6, 6.07) is 7.70. The normalized spacial score (nSPS) is 12.4. The number of nitrogens with zero attached hydrogens (tertiary/aromatic N) is 2. The lowest BCUT2D eigenvalue weighted by atomic mass is 10.1. The SMILES string of the molecule is Cc1nc(Cc2ccccc2Cl)ncc1[C@H](C)N. The van der Waals surface area contributed by atoms with Crippen LogP contribution in [0.3, 0.4) is 0 Å². The second-order valence-electron chi connectivity index (χ2n) is 4.38. The molecule has 1 aromatic carbocycles. The van der Waals surface area contributed by atoms with Crippen LogP contribution in [0.5, 0.6) is 0 Å². The van der Waals surface area contributed by atoms with Gasteiger partial charge in [0.05, 0.1) is 0 Å². The third-order valence-electron chi connectivity index (χ3n) is 2.86. The van der Waals surface area contributed by atoms with E-state index in [0.717, 1.165) is 27.7 Å². The second kappa shape index (κ2) is 5.46. The lowest BCUT2D eigenvalue weighted by molar-refractivity contribution is 0.777. The van der Waals surface area contributed by atoms with Crippen LogP contribution >= 0.6 is 11.6 Å². The number of hydrogen-bond acceptors (Lipinski definition) is 3. The standard InChI is InChI=1S/C14H16ClN3/c1-9(16)12-8-17-14(18-10(12)2)7-11-5-3-4-6-13(11)15/h3-6,8-9H,7,16H2,1-2H3/t9-/m0/s1. The quantitative estimate of drug-likeness (QED) is 0.924. The molecule has 2 rings (SSSR count). The molecule has 0 aliphatic rings. The van der Waals surface area contributed by atoms with Gasteiger partial charge in [-0.25, -0.2) is 9.97 Å². The van der Waals surface area contributed by atoms with Gasteiger partial charge in [0.2, 0.25) is 0 Å². The minimum absolute atomic E-state index is 0.0423. The lowest BCUT2D eigenvalue weighted by Gasteiger charge is -2.10. The summed E-state index contributed by atoms with van der Waals surface area (Å²) >= 11 is 6.12. The Labute approximate surface area is 112 Å². The van der Waals surface area contributed by atoms with Crippen molar-refractivity contribution in [3.05, 3.63) is 58.1 Å². The third kappa shape index (κ3) is 2.86. The van der Waals surface area contributed by atoms with Crippen LogP contribution in [-0.4, -0.2) is 9.97 Å². The number of aromatic nitrogens is 2. The van der Waals surface area contributed by atoms with Gasteiger partial charge < -0.3 is 5.73 Å². The molecule has 0 radical (unpaired) electrons. The molecule has 0 fully saturated rings. The van der Waals surface area contributed by atoms with E-state index in [0.29, 0.717) is 6.42 Å². The summed E-state index contributed by atoms with van der Waals surface area (Å²) in [7, 11) is 0. The molecular weight excluding hydrogens is 246 g/mol. The van der Waals surface area contributed by atoms with Crippen molar-refractivity contribution in [2.45, 2.75) is 26.3 Å². The largest absolute Gasteiger partial charge is 0.324 e. The first-order chi connectivity index (χ1) is 8.58. The molecule has 1 atom stereocenters. The average Bonchev–Trinajstić information content (AvgIpc) is 2.32. The van der Waals surface area contributed by atoms with Crippen molar-refractivity contribution in [1.82, 2.24) is 9.97 Å². The maximum absolute atomic E-state index is 6.12. The Hall–Kier alpha value is -1.45. The van der Waals surface area contributed by atoms with Crippen molar-refractivity contribution in [3.63, 3.8) is 0 Å². The van der Waals surface area contributed by atoms with E-state index in [-0.39, 0.29) is 6.04 Å². The number of hydrogen-bond donors (Lipinski definition) is 1. The average molecular weight is 262 g/mol. The van der Waals surface area contributed by atoms with Gasteiger partial charge in [-0.05, 0) is 25.5 Å². The Kier molecular flexibility index (Phi) is 3.94. The summed E-state index contributed by atoms with van der Waals surface area (Å²) in [5.74, 6) is 0.769. The molecule has 4 heteroatoms. The minimum Gasteiger partial charge on any atom is -0.324 e. The van der Waals surface area contributed by atoms with Crippen molar-refractivity contribution in [2.75, 3.05) is 0 Å². The molecule has 2 N–H and O–H groups in total. The van der Waals surface area contributed by atoms with E-state index in [4.69, 9.17) is 17.3 Å². The van der Waals surface area contributed by atoms with Crippen molar-refractivity contribution >= 4 is 11.6 Å². The second-order valence-corrected chi connectivity index (χ2v) is 4.79. The Balaban J connectivity index is 2.26. The van der Waals surface area contributed by atoms with Gasteiger partial charge in [-0.2, -0.15) is 0 Å². The molecule has 0 bridgehead atoms. The highest BCUT2D eigenvalue weighted by Crippen LogP contribution is 2.18. The maximum Gasteiger partial charge on any atom is 0.132 e. The predicted octanol–water partition coefficient (Wildman–Crippen LogP) is 3.05. The Morgan fingerprint density at radius 1 is 1.33 bits per heavy atom. The number of halogens is 1. The number of aryl methyl sites for hydroxylation is 1. The zero-order valence-corrected chi connectivity index (χ0v) is 11.3. The Morgan fingerprint density at radius 2 is 2.06 bits per heavy atom. The third-order valence-corrected chi connectivity index (χ3v) is 3.23. The van der Waals surface area contributed by atoms with E-state index in [1.165, 1.54) is 0 Å². The maximum atomic E-state index is 6.12. The van der Waals surface area contributed by atoms with Gasteiger partial charge in [-0.1, -0.05) is 29.8 Å². The molecule has 0 aliphatic carbocycles. The van der Waals surface area contributed by atoms with E-state index < -0.39 is 0 Å². The van der Waals surface area contributed by atoms with E-state index in [1.807, 2.05) is 38.1 Å². The summed E-state index contributed by atoms with van der Waals surface area (Å²) in [4.78, 5) is 8.83. The first-order valence-corrected chi connectivity index (χ1v) is 6.27. The fourth-order valence-corrected chi connectivity index (χ4v) is 2.07. The summed E-state index contributed by atoms with van der Waals surface area (Å²) in [5.41, 5.74) is 8.79. The molecule has 94 valence electrons. The van der Waals surface area contributed by atoms with Crippen LogP contribution in [0.15, 0.2) is 30.5 Å². The smallest absolute Gasteiger partial charge is 0.132 e. The molecule has 0 saturated heterocycles. The Morgan fingerprint density at radius 3 is 2.67 bits per heavy atom. The molecule has 0 spiro atoms. The van der Waals surface area contributed by atoms with Crippen LogP contribution in [0.25, 0.3) is 0 Å². The number of nitrogens with two attached hydrogens (primary N) is 1. The van der Waals surface area contributed by atoms with Gasteiger partial charge in [-0.15, -0.1) is 0 Å². The van der Waals surface area contributed by atoms with E-state index in [1.54, 1.807) is 6.20 Å². The molecule has 2 aromatic rings. The van der Waals surface area contributed by atoms with E-state index >= 15 is 0 Å². The van der Waals surface area contributed by atoms with E-state index in [9.17, 15) is 0 Å². The number of rotatable bonds is 3. The van der Waals surface area contributed by atoms with Crippen LogP contribution < -0.4 is 5.73 Å². The van der Waals surface area contributed by atoms with Gasteiger partial charge >= 0.3 is 0 Å². The fourth-order valence-electron chi connectivity index (χ4n) is 1.87. The molecular formula is C14H16ClN3. The summed E-state index contributed by atoms with van der Waals surface area (Å²) < 4.78 is 0. The molecule has 1 heterocycles. The monoisotopic (exact) mass is 261 g/mol. The van der Waals surface area contributed by atoms with Gasteiger partial charge in [0.25, 0.3) is 0 Å². The molecule has 3 nitrogen and oxygen atoms in total. The topological polar surface area (TPSA) is 51.8 Å². The lowest BCUT2D eigenvalue weighted by Crippen LogP contribution is -2.10. The predicted molar refractivity (Wildman–Crippen MR) is 73.6 cm³/mol. The van der Waals surface area contributed by atoms with Gasteiger partial charge in [0, 0.05) is 34.9 Å². The van der Waals surface area contributed by atoms with Crippen molar-refractivity contribution in [2.24, 2.45) is 5.73 Å². The van der Waals surface area contributed by atoms with Gasteiger partial charge in [-0.3, -0.25) is 0 Å². The summed E-state index contributed by atoms with van der Waals surface area (Å²) in [6.07, 6.45) is 2.44. The van der Waals surface area contributed by atoms with Gasteiger partial charge in [0.15, 0.2) is 0 Å². The molecule has 18 heavy (non-hydrogen) atoms. The van der Waals surface area contributed by atoms with Crippen LogP contribution in [0.2, 0.25) is 5.02 Å². The highest BCUT2D eigenvalue weighted by molar-refractivity contribution is 6.31. The molecule has 1 aromatic heterocycles. The van der Waals surface area contributed by atoms with Crippen LogP contribution in [-0.2, 0) is 6.42 Å².